The Kier molecular flexibility index (Phi) is 4.61. The first kappa shape index (κ1) is 17.2. The average Bonchev–Trinajstić information content (AvgIpc) is 2.61. The molecule has 0 atom stereocenters. The number of hydrogen-bond acceptors (Lipinski definition) is 4. The summed E-state index contributed by atoms with van der Waals surface area (Å²) >= 11 is 0. The lowest BCUT2D eigenvalue weighted by Crippen LogP contribution is -2.49. The number of alkyl halides is 3. The Morgan fingerprint density at radius 1 is 1.04 bits per heavy atom. The Bertz CT molecular complexity index is 753. The predicted octanol–water partition coefficient (Wildman–Crippen LogP) is 2.77. The molecule has 25 heavy (non-hydrogen) atoms. The van der Waals surface area contributed by atoms with Crippen molar-refractivity contribution >= 4 is 11.7 Å². The van der Waals surface area contributed by atoms with Crippen molar-refractivity contribution in [2.75, 3.05) is 31.1 Å². The summed E-state index contributed by atoms with van der Waals surface area (Å²) in [7, 11) is 0. The van der Waals surface area contributed by atoms with Crippen molar-refractivity contribution in [3.05, 3.63) is 53.5 Å². The van der Waals surface area contributed by atoms with E-state index in [4.69, 9.17) is 0 Å². The zero-order valence-electron chi connectivity index (χ0n) is 13.6. The number of piperazine rings is 1. The number of halogens is 3. The van der Waals surface area contributed by atoms with E-state index in [1.165, 1.54) is 18.5 Å². The van der Waals surface area contributed by atoms with Gasteiger partial charge in [0, 0.05) is 43.5 Å². The Hall–Kier alpha value is -2.64. The number of amides is 1. The van der Waals surface area contributed by atoms with E-state index in [1.807, 2.05) is 13.0 Å². The van der Waals surface area contributed by atoms with Crippen LogP contribution in [0.5, 0.6) is 0 Å². The molecule has 5 nitrogen and oxygen atoms in total. The van der Waals surface area contributed by atoms with Crippen molar-refractivity contribution in [2.45, 2.75) is 13.1 Å². The Balaban J connectivity index is 1.63. The zero-order valence-corrected chi connectivity index (χ0v) is 13.6. The van der Waals surface area contributed by atoms with Crippen LogP contribution < -0.4 is 4.90 Å². The zero-order chi connectivity index (χ0) is 18.0. The quantitative estimate of drug-likeness (QED) is 0.836. The number of carbonyl (C=O) groups excluding carboxylic acids is 1. The third kappa shape index (κ3) is 3.89. The summed E-state index contributed by atoms with van der Waals surface area (Å²) in [6.07, 6.45) is -2.90. The molecule has 1 aliphatic heterocycles. The van der Waals surface area contributed by atoms with E-state index in [2.05, 4.69) is 14.9 Å². The number of aromatic nitrogens is 2. The lowest BCUT2D eigenvalue weighted by molar-refractivity contribution is -0.137. The number of hydrogen-bond donors (Lipinski definition) is 0. The molecule has 0 aliphatic carbocycles. The molecule has 0 unspecified atom stereocenters. The molecule has 1 fully saturated rings. The number of carbonyl (C=O) groups is 1. The Morgan fingerprint density at radius 3 is 2.24 bits per heavy atom. The molecule has 0 radical (unpaired) electrons. The summed E-state index contributed by atoms with van der Waals surface area (Å²) in [4.78, 5) is 24.5. The smallest absolute Gasteiger partial charge is 0.353 e. The van der Waals surface area contributed by atoms with Gasteiger partial charge in [0.1, 0.15) is 12.1 Å². The van der Waals surface area contributed by atoms with Crippen molar-refractivity contribution < 1.29 is 18.0 Å². The first-order valence-electron chi connectivity index (χ1n) is 7.85. The number of rotatable bonds is 2. The van der Waals surface area contributed by atoms with Gasteiger partial charge in [0.25, 0.3) is 5.91 Å². The minimum absolute atomic E-state index is 0.257. The molecule has 3 rings (SSSR count). The average molecular weight is 350 g/mol. The number of benzene rings is 1. The Morgan fingerprint density at radius 2 is 1.68 bits per heavy atom. The van der Waals surface area contributed by atoms with Crippen molar-refractivity contribution in [2.24, 2.45) is 0 Å². The van der Waals surface area contributed by atoms with Gasteiger partial charge in [-0.25, -0.2) is 9.97 Å². The summed E-state index contributed by atoms with van der Waals surface area (Å²) in [6, 6.07) is 6.21. The van der Waals surface area contributed by atoms with Gasteiger partial charge in [-0.1, -0.05) is 0 Å². The molecule has 1 saturated heterocycles. The molecule has 2 heterocycles. The molecular formula is C17H17F3N4O. The maximum atomic E-state index is 12.6. The van der Waals surface area contributed by atoms with Crippen molar-refractivity contribution in [1.82, 2.24) is 14.9 Å². The molecule has 8 heteroatoms. The van der Waals surface area contributed by atoms with Crippen LogP contribution in [0.4, 0.5) is 19.0 Å². The third-order valence-electron chi connectivity index (χ3n) is 4.14. The fraction of sp³-hybridized carbons (Fsp3) is 0.353. The monoisotopic (exact) mass is 350 g/mol. The van der Waals surface area contributed by atoms with E-state index in [9.17, 15) is 18.0 Å². The van der Waals surface area contributed by atoms with Crippen LogP contribution >= 0.6 is 0 Å². The maximum Gasteiger partial charge on any atom is 0.416 e. The van der Waals surface area contributed by atoms with Crippen LogP contribution in [0.2, 0.25) is 0 Å². The first-order valence-corrected chi connectivity index (χ1v) is 7.85. The van der Waals surface area contributed by atoms with Crippen LogP contribution in [0, 0.1) is 6.92 Å². The lowest BCUT2D eigenvalue weighted by atomic mass is 10.1. The largest absolute Gasteiger partial charge is 0.416 e. The summed E-state index contributed by atoms with van der Waals surface area (Å²) in [5, 5.41) is 0. The van der Waals surface area contributed by atoms with Crippen LogP contribution in [-0.4, -0.2) is 47.0 Å². The van der Waals surface area contributed by atoms with Crippen LogP contribution in [-0.2, 0) is 6.18 Å². The number of anilines is 1. The van der Waals surface area contributed by atoms with Crippen molar-refractivity contribution in [1.29, 1.82) is 0 Å². The number of aryl methyl sites for hydroxylation is 1. The van der Waals surface area contributed by atoms with Crippen LogP contribution in [0.25, 0.3) is 0 Å². The van der Waals surface area contributed by atoms with E-state index in [-0.39, 0.29) is 11.5 Å². The van der Waals surface area contributed by atoms with E-state index in [0.29, 0.717) is 26.2 Å². The van der Waals surface area contributed by atoms with Gasteiger partial charge in [-0.05, 0) is 31.2 Å². The minimum Gasteiger partial charge on any atom is -0.353 e. The highest BCUT2D eigenvalue weighted by Gasteiger charge is 2.30. The van der Waals surface area contributed by atoms with E-state index in [1.54, 1.807) is 4.90 Å². The lowest BCUT2D eigenvalue weighted by Gasteiger charge is -2.35. The molecule has 0 bridgehead atoms. The van der Waals surface area contributed by atoms with E-state index in [0.717, 1.165) is 23.6 Å². The molecule has 0 spiro atoms. The second-order valence-electron chi connectivity index (χ2n) is 5.87. The van der Waals surface area contributed by atoms with E-state index >= 15 is 0 Å². The second-order valence-corrected chi connectivity index (χ2v) is 5.87. The van der Waals surface area contributed by atoms with Gasteiger partial charge in [-0.3, -0.25) is 4.79 Å². The fourth-order valence-electron chi connectivity index (χ4n) is 2.74. The fourth-order valence-corrected chi connectivity index (χ4v) is 2.74. The normalized spacial score (nSPS) is 15.4. The summed E-state index contributed by atoms with van der Waals surface area (Å²) < 4.78 is 37.8. The molecule has 1 amide bonds. The summed E-state index contributed by atoms with van der Waals surface area (Å²) in [5.41, 5.74) is 0.376. The summed E-state index contributed by atoms with van der Waals surface area (Å²) in [5.74, 6) is 0.557. The molecule has 132 valence electrons. The molecular weight excluding hydrogens is 333 g/mol. The van der Waals surface area contributed by atoms with Gasteiger partial charge in [0.2, 0.25) is 0 Å². The topological polar surface area (TPSA) is 49.3 Å². The van der Waals surface area contributed by atoms with Gasteiger partial charge in [-0.15, -0.1) is 0 Å². The van der Waals surface area contributed by atoms with Crippen LogP contribution in [0.3, 0.4) is 0 Å². The second kappa shape index (κ2) is 6.70. The highest BCUT2D eigenvalue weighted by molar-refractivity contribution is 5.94. The van der Waals surface area contributed by atoms with Crippen molar-refractivity contribution in [3.63, 3.8) is 0 Å². The van der Waals surface area contributed by atoms with Crippen molar-refractivity contribution in [3.8, 4) is 0 Å². The van der Waals surface area contributed by atoms with Gasteiger partial charge in [-0.2, -0.15) is 13.2 Å². The third-order valence-corrected chi connectivity index (χ3v) is 4.14. The maximum absolute atomic E-state index is 12.6. The first-order chi connectivity index (χ1) is 11.8. The molecule has 0 N–H and O–H groups in total. The van der Waals surface area contributed by atoms with Gasteiger partial charge >= 0.3 is 6.18 Å². The molecule has 1 aromatic heterocycles. The number of nitrogens with zero attached hydrogens (tertiary/aromatic N) is 4. The summed E-state index contributed by atoms with van der Waals surface area (Å²) in [6.45, 7) is 4.09. The van der Waals surface area contributed by atoms with Crippen LogP contribution in [0.1, 0.15) is 21.6 Å². The van der Waals surface area contributed by atoms with E-state index < -0.39 is 11.7 Å². The highest BCUT2D eigenvalue weighted by Crippen LogP contribution is 2.29. The minimum atomic E-state index is -4.40. The predicted molar refractivity (Wildman–Crippen MR) is 86.3 cm³/mol. The van der Waals surface area contributed by atoms with Gasteiger partial charge in [0.05, 0.1) is 5.56 Å². The van der Waals surface area contributed by atoms with Crippen LogP contribution in [0.15, 0.2) is 36.7 Å². The van der Waals surface area contributed by atoms with Gasteiger partial charge < -0.3 is 9.80 Å². The SMILES string of the molecule is Cc1cc(N2CCN(C(=O)c3ccc(C(F)(F)F)cc3)CC2)ncn1. The molecule has 2 aromatic rings. The standard InChI is InChI=1S/C17H17F3N4O/c1-12-10-15(22-11-21-12)23-6-8-24(9-7-23)16(25)13-2-4-14(5-3-13)17(18,19)20/h2-5,10-11H,6-9H2,1H3. The molecule has 1 aliphatic rings. The molecule has 1 aromatic carbocycles. The van der Waals surface area contributed by atoms with Gasteiger partial charge in [0.15, 0.2) is 0 Å². The Labute approximate surface area is 143 Å². The molecule has 0 saturated carbocycles. The highest BCUT2D eigenvalue weighted by atomic mass is 19.4.